The fraction of sp³-hybridized carbons (Fsp3) is 0.600. The minimum Gasteiger partial charge on any atom is -0.375 e. The fourth-order valence-corrected chi connectivity index (χ4v) is 2.46. The molecule has 2 rings (SSSR count). The quantitative estimate of drug-likeness (QED) is 0.904. The molecule has 0 saturated carbocycles. The van der Waals surface area contributed by atoms with Gasteiger partial charge in [-0.2, -0.15) is 0 Å². The highest BCUT2D eigenvalue weighted by molar-refractivity contribution is 5.17. The monoisotopic (exact) mass is 269 g/mol. The number of benzene rings is 1. The van der Waals surface area contributed by atoms with Gasteiger partial charge < -0.3 is 10.1 Å². The van der Waals surface area contributed by atoms with E-state index in [9.17, 15) is 8.78 Å². The molecule has 2 nitrogen and oxygen atoms in total. The van der Waals surface area contributed by atoms with Crippen molar-refractivity contribution in [3.63, 3.8) is 0 Å². The summed E-state index contributed by atoms with van der Waals surface area (Å²) >= 11 is 0. The highest BCUT2D eigenvalue weighted by Gasteiger charge is 2.31. The third kappa shape index (κ3) is 3.74. The van der Waals surface area contributed by atoms with Gasteiger partial charge in [0.25, 0.3) is 0 Å². The largest absolute Gasteiger partial charge is 0.375 e. The molecule has 4 heteroatoms. The smallest absolute Gasteiger partial charge is 0.159 e. The maximum absolute atomic E-state index is 13.1. The second kappa shape index (κ2) is 5.97. The lowest BCUT2D eigenvalue weighted by atomic mass is 9.90. The minimum absolute atomic E-state index is 0.0655. The molecular weight excluding hydrogens is 248 g/mol. The summed E-state index contributed by atoms with van der Waals surface area (Å²) in [4.78, 5) is 0. The van der Waals surface area contributed by atoms with Crippen molar-refractivity contribution in [3.05, 3.63) is 35.4 Å². The van der Waals surface area contributed by atoms with E-state index >= 15 is 0 Å². The van der Waals surface area contributed by atoms with Crippen molar-refractivity contribution in [2.75, 3.05) is 6.61 Å². The van der Waals surface area contributed by atoms with E-state index in [0.29, 0.717) is 12.6 Å². The van der Waals surface area contributed by atoms with E-state index in [1.165, 1.54) is 12.1 Å². The minimum atomic E-state index is -0.798. The molecule has 1 aromatic rings. The summed E-state index contributed by atoms with van der Waals surface area (Å²) in [5, 5.41) is 3.40. The normalized spacial score (nSPS) is 27.5. The van der Waals surface area contributed by atoms with Crippen LogP contribution in [0, 0.1) is 11.6 Å². The lowest BCUT2D eigenvalue weighted by molar-refractivity contribution is -0.0781. The Bertz CT molecular complexity index is 438. The van der Waals surface area contributed by atoms with Gasteiger partial charge in [-0.3, -0.25) is 0 Å². The number of hydrogen-bond acceptors (Lipinski definition) is 2. The summed E-state index contributed by atoms with van der Waals surface area (Å²) in [5.74, 6) is -1.59. The molecular formula is C15H21F2NO. The zero-order valence-electron chi connectivity index (χ0n) is 11.5. The lowest BCUT2D eigenvalue weighted by Gasteiger charge is -2.38. The summed E-state index contributed by atoms with van der Waals surface area (Å²) < 4.78 is 31.7. The number of halogens is 2. The molecule has 1 aliphatic rings. The molecule has 0 spiro atoms. The summed E-state index contributed by atoms with van der Waals surface area (Å²) in [6.45, 7) is 5.55. The third-order valence-electron chi connectivity index (χ3n) is 3.92. The van der Waals surface area contributed by atoms with Crippen molar-refractivity contribution in [1.82, 2.24) is 5.32 Å². The van der Waals surface area contributed by atoms with Gasteiger partial charge in [-0.25, -0.2) is 8.78 Å². The molecule has 1 aliphatic heterocycles. The Morgan fingerprint density at radius 1 is 1.37 bits per heavy atom. The van der Waals surface area contributed by atoms with Crippen LogP contribution in [0.5, 0.6) is 0 Å². The standard InChI is InChI=1S/C15H21F2NO/c1-3-15(2)9-12(6-7-19-15)18-10-11-4-5-13(16)14(17)8-11/h4-5,8,12,18H,3,6-7,9-10H2,1-2H3. The molecule has 2 unspecified atom stereocenters. The van der Waals surface area contributed by atoms with E-state index in [4.69, 9.17) is 4.74 Å². The second-order valence-corrected chi connectivity index (χ2v) is 5.47. The Balaban J connectivity index is 1.89. The van der Waals surface area contributed by atoms with Crippen molar-refractivity contribution in [3.8, 4) is 0 Å². The van der Waals surface area contributed by atoms with E-state index in [-0.39, 0.29) is 5.60 Å². The first-order valence-electron chi connectivity index (χ1n) is 6.84. The topological polar surface area (TPSA) is 21.3 Å². The molecule has 1 N–H and O–H groups in total. The van der Waals surface area contributed by atoms with E-state index in [0.717, 1.165) is 31.4 Å². The van der Waals surface area contributed by atoms with Crippen molar-refractivity contribution < 1.29 is 13.5 Å². The highest BCUT2D eigenvalue weighted by atomic mass is 19.2. The third-order valence-corrected chi connectivity index (χ3v) is 3.92. The molecule has 19 heavy (non-hydrogen) atoms. The molecule has 0 aliphatic carbocycles. The van der Waals surface area contributed by atoms with Crippen molar-refractivity contribution >= 4 is 0 Å². The van der Waals surface area contributed by atoms with Gasteiger partial charge in [0.15, 0.2) is 11.6 Å². The number of hydrogen-bond donors (Lipinski definition) is 1. The molecule has 0 aromatic heterocycles. The Hall–Kier alpha value is -1.00. The summed E-state index contributed by atoms with van der Waals surface area (Å²) in [7, 11) is 0. The van der Waals surface area contributed by atoms with Crippen LogP contribution in [0.1, 0.15) is 38.7 Å². The number of ether oxygens (including phenoxy) is 1. The Kier molecular flexibility index (Phi) is 4.53. The van der Waals surface area contributed by atoms with E-state index in [1.807, 2.05) is 0 Å². The first-order valence-corrected chi connectivity index (χ1v) is 6.84. The van der Waals surface area contributed by atoms with Crippen molar-refractivity contribution in [2.45, 2.75) is 51.3 Å². The number of nitrogens with one attached hydrogen (secondary N) is 1. The van der Waals surface area contributed by atoms with Gasteiger partial charge in [0, 0.05) is 19.2 Å². The van der Waals surface area contributed by atoms with Gasteiger partial charge in [0.05, 0.1) is 5.60 Å². The molecule has 1 heterocycles. The number of rotatable bonds is 4. The maximum Gasteiger partial charge on any atom is 0.159 e. The summed E-state index contributed by atoms with van der Waals surface area (Å²) in [5.41, 5.74) is 0.702. The van der Waals surface area contributed by atoms with Crippen molar-refractivity contribution in [2.24, 2.45) is 0 Å². The molecule has 0 bridgehead atoms. The SMILES string of the molecule is CCC1(C)CC(NCc2ccc(F)c(F)c2)CCO1. The van der Waals surface area contributed by atoms with Crippen LogP contribution >= 0.6 is 0 Å². The average Bonchev–Trinajstić information content (AvgIpc) is 2.40. The zero-order chi connectivity index (χ0) is 13.9. The van der Waals surface area contributed by atoms with E-state index in [1.54, 1.807) is 6.07 Å². The van der Waals surface area contributed by atoms with Crippen LogP contribution in [0.4, 0.5) is 8.78 Å². The lowest BCUT2D eigenvalue weighted by Crippen LogP contribution is -2.44. The first kappa shape index (κ1) is 14.4. The van der Waals surface area contributed by atoms with Gasteiger partial charge in [-0.1, -0.05) is 13.0 Å². The summed E-state index contributed by atoms with van der Waals surface area (Å²) in [6.07, 6.45) is 2.89. The molecule has 1 saturated heterocycles. The highest BCUT2D eigenvalue weighted by Crippen LogP contribution is 2.27. The molecule has 1 aromatic carbocycles. The van der Waals surface area contributed by atoms with E-state index in [2.05, 4.69) is 19.2 Å². The predicted molar refractivity (Wildman–Crippen MR) is 70.9 cm³/mol. The Morgan fingerprint density at radius 3 is 2.84 bits per heavy atom. The van der Waals surface area contributed by atoms with Crippen LogP contribution in [0.2, 0.25) is 0 Å². The van der Waals surface area contributed by atoms with Crippen LogP contribution in [-0.2, 0) is 11.3 Å². The fourth-order valence-electron chi connectivity index (χ4n) is 2.46. The maximum atomic E-state index is 13.1. The van der Waals surface area contributed by atoms with Gasteiger partial charge in [-0.05, 0) is 43.9 Å². The molecule has 2 atom stereocenters. The van der Waals surface area contributed by atoms with Gasteiger partial charge in [-0.15, -0.1) is 0 Å². The van der Waals surface area contributed by atoms with Gasteiger partial charge >= 0.3 is 0 Å². The van der Waals surface area contributed by atoms with E-state index < -0.39 is 11.6 Å². The van der Waals surface area contributed by atoms with Crippen LogP contribution in [0.25, 0.3) is 0 Å². The van der Waals surface area contributed by atoms with Crippen LogP contribution in [0.15, 0.2) is 18.2 Å². The van der Waals surface area contributed by atoms with Crippen LogP contribution in [-0.4, -0.2) is 18.2 Å². The zero-order valence-corrected chi connectivity index (χ0v) is 11.5. The Morgan fingerprint density at radius 2 is 2.16 bits per heavy atom. The molecule has 1 fully saturated rings. The molecule has 106 valence electrons. The van der Waals surface area contributed by atoms with Crippen LogP contribution in [0.3, 0.4) is 0 Å². The second-order valence-electron chi connectivity index (χ2n) is 5.47. The molecule has 0 amide bonds. The Labute approximate surface area is 113 Å². The predicted octanol–water partition coefficient (Wildman–Crippen LogP) is 3.40. The average molecular weight is 269 g/mol. The first-order chi connectivity index (χ1) is 9.02. The van der Waals surface area contributed by atoms with Crippen LogP contribution < -0.4 is 5.32 Å². The van der Waals surface area contributed by atoms with Crippen molar-refractivity contribution in [1.29, 1.82) is 0 Å². The van der Waals surface area contributed by atoms with Gasteiger partial charge in [0.1, 0.15) is 0 Å². The molecule has 0 radical (unpaired) electrons. The van der Waals surface area contributed by atoms with Gasteiger partial charge in [0.2, 0.25) is 0 Å². The summed E-state index contributed by atoms with van der Waals surface area (Å²) in [6, 6.07) is 4.41.